The fourth-order valence-electron chi connectivity index (χ4n) is 5.14. The first-order valence-corrected chi connectivity index (χ1v) is 14.1. The van der Waals surface area contributed by atoms with Crippen LogP contribution in [0.4, 0.5) is 17.2 Å². The topological polar surface area (TPSA) is 91.3 Å². The van der Waals surface area contributed by atoms with Gasteiger partial charge in [-0.15, -0.1) is 16.3 Å². The maximum atomic E-state index is 7.35. The number of pyridine rings is 2. The van der Waals surface area contributed by atoms with Crippen molar-refractivity contribution in [3.05, 3.63) is 82.2 Å². The van der Waals surface area contributed by atoms with Crippen LogP contribution in [0.25, 0.3) is 26.6 Å². The Hall–Kier alpha value is -4.33. The number of thiazole rings is 1. The van der Waals surface area contributed by atoms with Crippen LogP contribution in [0.3, 0.4) is 0 Å². The average Bonchev–Trinajstić information content (AvgIpc) is 3.56. The van der Waals surface area contributed by atoms with Gasteiger partial charge in [0.25, 0.3) is 5.82 Å². The Balaban J connectivity index is 1.47. The van der Waals surface area contributed by atoms with E-state index >= 15 is 0 Å². The molecule has 1 N–H and O–H groups in total. The van der Waals surface area contributed by atoms with E-state index in [1.807, 2.05) is 55.6 Å². The summed E-state index contributed by atoms with van der Waals surface area (Å²) < 4.78 is 14.2. The lowest BCUT2D eigenvalue weighted by Crippen LogP contribution is -2.19. The third-order valence-electron chi connectivity index (χ3n) is 6.93. The van der Waals surface area contributed by atoms with Gasteiger partial charge in [-0.05, 0) is 63.4 Å². The molecule has 1 unspecified atom stereocenters. The molecule has 0 radical (unpaired) electrons. The molecule has 40 heavy (non-hydrogen) atoms. The van der Waals surface area contributed by atoms with Gasteiger partial charge in [-0.3, -0.25) is 4.57 Å². The number of rotatable bonds is 7. The van der Waals surface area contributed by atoms with E-state index in [2.05, 4.69) is 24.7 Å². The van der Waals surface area contributed by atoms with Crippen molar-refractivity contribution in [3.63, 3.8) is 0 Å². The molecule has 10 heteroatoms. The number of methoxy groups -OCH3 is 1. The summed E-state index contributed by atoms with van der Waals surface area (Å²) in [4.78, 5) is 22.7. The molecule has 1 saturated heterocycles. The summed E-state index contributed by atoms with van der Waals surface area (Å²) in [6.07, 6.45) is 3.44. The Morgan fingerprint density at radius 3 is 2.70 bits per heavy atom. The lowest BCUT2D eigenvalue weighted by molar-refractivity contribution is -0.0309. The zero-order valence-corrected chi connectivity index (χ0v) is 23.5. The van der Waals surface area contributed by atoms with Gasteiger partial charge in [0.1, 0.15) is 28.3 Å². The van der Waals surface area contributed by atoms with Crippen molar-refractivity contribution in [1.82, 2.24) is 24.5 Å². The van der Waals surface area contributed by atoms with E-state index in [9.17, 15) is 0 Å². The van der Waals surface area contributed by atoms with Crippen molar-refractivity contribution < 1.29 is 9.47 Å². The predicted molar refractivity (Wildman–Crippen MR) is 157 cm³/mol. The Labute approximate surface area is 236 Å². The number of benzene rings is 1. The standard InChI is InChI=1S/C30H29N7O2S/c1-18-17-40-30(32-18)22-10-8-11-23(28(22)38-4)36-24-16-21(15-20-9-7-12-25(31-3)34-20)35-29-27(24)33-19(2)37(29)26-13-5-6-14-39-26/h7-12,16-17,26H,5-6,13-15H2,1-2,4H3,(H,35,36). The van der Waals surface area contributed by atoms with Gasteiger partial charge in [0.15, 0.2) is 11.4 Å². The van der Waals surface area contributed by atoms with Gasteiger partial charge in [0.2, 0.25) is 0 Å². The second-order valence-electron chi connectivity index (χ2n) is 9.76. The fourth-order valence-corrected chi connectivity index (χ4v) is 5.96. The van der Waals surface area contributed by atoms with Crippen LogP contribution < -0.4 is 10.1 Å². The average molecular weight is 552 g/mol. The fraction of sp³-hybridized carbons (Fsp3) is 0.300. The maximum absolute atomic E-state index is 7.35. The highest BCUT2D eigenvalue weighted by Gasteiger charge is 2.24. The van der Waals surface area contributed by atoms with Crippen LogP contribution in [0.2, 0.25) is 0 Å². The number of anilines is 2. The highest BCUT2D eigenvalue weighted by atomic mass is 32.1. The van der Waals surface area contributed by atoms with Crippen molar-refractivity contribution >= 4 is 39.7 Å². The van der Waals surface area contributed by atoms with E-state index in [4.69, 9.17) is 26.0 Å². The molecule has 9 nitrogen and oxygen atoms in total. The summed E-state index contributed by atoms with van der Waals surface area (Å²) in [5.74, 6) is 1.93. The number of aryl methyl sites for hydroxylation is 2. The molecule has 6 rings (SSSR count). The van der Waals surface area contributed by atoms with Crippen LogP contribution >= 0.6 is 11.3 Å². The number of ether oxygens (including phenoxy) is 2. The molecule has 0 amide bonds. The largest absolute Gasteiger partial charge is 0.494 e. The second-order valence-corrected chi connectivity index (χ2v) is 10.6. The van der Waals surface area contributed by atoms with E-state index in [-0.39, 0.29) is 6.23 Å². The van der Waals surface area contributed by atoms with Crippen molar-refractivity contribution in [2.45, 2.75) is 45.8 Å². The maximum Gasteiger partial charge on any atom is 0.269 e. The first-order chi connectivity index (χ1) is 19.5. The normalized spacial score (nSPS) is 15.2. The van der Waals surface area contributed by atoms with Crippen LogP contribution in [-0.4, -0.2) is 38.2 Å². The molecule has 4 aromatic heterocycles. The predicted octanol–water partition coefficient (Wildman–Crippen LogP) is 7.16. The molecule has 1 aromatic carbocycles. The Kier molecular flexibility index (Phi) is 7.15. The lowest BCUT2D eigenvalue weighted by Gasteiger charge is -2.25. The number of hydrogen-bond acceptors (Lipinski definition) is 8. The minimum absolute atomic E-state index is 0.107. The van der Waals surface area contributed by atoms with E-state index in [0.29, 0.717) is 18.0 Å². The minimum atomic E-state index is -0.107. The van der Waals surface area contributed by atoms with E-state index < -0.39 is 0 Å². The quantitative estimate of drug-likeness (QED) is 0.215. The summed E-state index contributed by atoms with van der Waals surface area (Å²) in [6.45, 7) is 12.1. The van der Waals surface area contributed by atoms with Gasteiger partial charge in [0.05, 0.1) is 36.2 Å². The van der Waals surface area contributed by atoms with Crippen LogP contribution in [0.5, 0.6) is 5.75 Å². The Morgan fingerprint density at radius 2 is 1.95 bits per heavy atom. The van der Waals surface area contributed by atoms with Crippen molar-refractivity contribution in [2.75, 3.05) is 19.0 Å². The smallest absolute Gasteiger partial charge is 0.269 e. The highest BCUT2D eigenvalue weighted by Crippen LogP contribution is 2.40. The minimum Gasteiger partial charge on any atom is -0.494 e. The first-order valence-electron chi connectivity index (χ1n) is 13.2. The van der Waals surface area contributed by atoms with E-state index in [1.54, 1.807) is 24.5 Å². The number of imidazole rings is 1. The highest BCUT2D eigenvalue weighted by molar-refractivity contribution is 7.13. The molecule has 1 fully saturated rings. The molecule has 202 valence electrons. The zero-order chi connectivity index (χ0) is 27.6. The SMILES string of the molecule is [C-]#[N+]c1cccc(Cc2cc(Nc3cccc(-c4nc(C)cs4)c3OC)c3nc(C)n(C4CCCCO4)c3n2)n1. The van der Waals surface area contributed by atoms with Crippen LogP contribution in [0, 0.1) is 20.4 Å². The number of hydrogen-bond donors (Lipinski definition) is 1. The Bertz CT molecular complexity index is 1730. The third kappa shape index (κ3) is 5.01. The molecule has 0 bridgehead atoms. The zero-order valence-electron chi connectivity index (χ0n) is 22.6. The van der Waals surface area contributed by atoms with Crippen LogP contribution in [0.1, 0.15) is 48.4 Å². The molecule has 0 spiro atoms. The Morgan fingerprint density at radius 1 is 1.07 bits per heavy atom. The van der Waals surface area contributed by atoms with Gasteiger partial charge >= 0.3 is 0 Å². The van der Waals surface area contributed by atoms with Crippen LogP contribution in [0.15, 0.2) is 47.8 Å². The molecular formula is C30H29N7O2S. The third-order valence-corrected chi connectivity index (χ3v) is 7.92. The summed E-state index contributed by atoms with van der Waals surface area (Å²) in [5, 5.41) is 6.54. The van der Waals surface area contributed by atoms with Crippen molar-refractivity contribution in [2.24, 2.45) is 0 Å². The lowest BCUT2D eigenvalue weighted by atomic mass is 10.1. The van der Waals surface area contributed by atoms with Gasteiger partial charge < -0.3 is 19.6 Å². The van der Waals surface area contributed by atoms with Gasteiger partial charge in [-0.25, -0.2) is 15.0 Å². The van der Waals surface area contributed by atoms with E-state index in [0.717, 1.165) is 81.9 Å². The first kappa shape index (κ1) is 25.9. The monoisotopic (exact) mass is 551 g/mol. The van der Waals surface area contributed by atoms with Crippen LogP contribution in [-0.2, 0) is 11.2 Å². The molecule has 5 aromatic rings. The van der Waals surface area contributed by atoms with Crippen molar-refractivity contribution in [1.29, 1.82) is 0 Å². The number of para-hydroxylation sites is 1. The second kappa shape index (κ2) is 11.0. The molecule has 0 saturated carbocycles. The molecule has 1 aliphatic heterocycles. The van der Waals surface area contributed by atoms with Gasteiger partial charge in [0, 0.05) is 17.7 Å². The van der Waals surface area contributed by atoms with Gasteiger partial charge in [-0.2, -0.15) is 0 Å². The molecule has 1 aliphatic rings. The summed E-state index contributed by atoms with van der Waals surface area (Å²) >= 11 is 1.59. The van der Waals surface area contributed by atoms with Gasteiger partial charge in [-0.1, -0.05) is 18.7 Å². The molecule has 1 atom stereocenters. The molecule has 5 heterocycles. The number of aromatic nitrogens is 5. The molecule has 0 aliphatic carbocycles. The summed E-state index contributed by atoms with van der Waals surface area (Å²) in [7, 11) is 1.67. The number of fused-ring (bicyclic) bond motifs is 1. The van der Waals surface area contributed by atoms with Crippen molar-refractivity contribution in [3.8, 4) is 16.3 Å². The molecular weight excluding hydrogens is 522 g/mol. The summed E-state index contributed by atoms with van der Waals surface area (Å²) in [6, 6.07) is 13.5. The number of nitrogens with zero attached hydrogens (tertiary/aromatic N) is 6. The number of nitrogens with one attached hydrogen (secondary N) is 1. The van der Waals surface area contributed by atoms with E-state index in [1.165, 1.54) is 0 Å². The summed E-state index contributed by atoms with van der Waals surface area (Å²) in [5.41, 5.74) is 6.63.